The van der Waals surface area contributed by atoms with Crippen LogP contribution in [-0.2, 0) is 6.54 Å². The lowest BCUT2D eigenvalue weighted by molar-refractivity contribution is 0.375. The van der Waals surface area contributed by atoms with Crippen molar-refractivity contribution >= 4 is 16.9 Å². The van der Waals surface area contributed by atoms with Gasteiger partial charge < -0.3 is 5.32 Å². The van der Waals surface area contributed by atoms with Gasteiger partial charge >= 0.3 is 0 Å². The lowest BCUT2D eigenvalue weighted by Crippen LogP contribution is -2.20. The minimum Gasteiger partial charge on any atom is -0.361 e. The normalized spacial score (nSPS) is 19.4. The zero-order valence-corrected chi connectivity index (χ0v) is 13.2. The van der Waals surface area contributed by atoms with Gasteiger partial charge in [0.05, 0.1) is 6.54 Å². The summed E-state index contributed by atoms with van der Waals surface area (Å²) in [5.74, 6) is 0. The summed E-state index contributed by atoms with van der Waals surface area (Å²) in [6, 6.07) is 8.51. The molecule has 0 amide bonds. The van der Waals surface area contributed by atoms with E-state index in [1.165, 1.54) is 17.5 Å². The van der Waals surface area contributed by atoms with Gasteiger partial charge in [-0.15, -0.1) is 0 Å². The molecule has 0 radical (unpaired) electrons. The molecular formula is C16H24N2S. The Labute approximate surface area is 121 Å². The fraction of sp³-hybridized carbons (Fsp3) is 0.562. The average molecular weight is 276 g/mol. The molecule has 1 heterocycles. The third-order valence-electron chi connectivity index (χ3n) is 3.25. The van der Waals surface area contributed by atoms with Crippen molar-refractivity contribution in [2.24, 2.45) is 10.4 Å². The molecule has 1 aliphatic heterocycles. The molecule has 2 rings (SSSR count). The van der Waals surface area contributed by atoms with E-state index in [-0.39, 0.29) is 0 Å². The van der Waals surface area contributed by atoms with E-state index in [1.807, 2.05) is 11.8 Å². The highest BCUT2D eigenvalue weighted by molar-refractivity contribution is 8.14. The molecule has 0 saturated heterocycles. The first kappa shape index (κ1) is 14.4. The molecular weight excluding hydrogens is 252 g/mol. The van der Waals surface area contributed by atoms with E-state index in [0.29, 0.717) is 10.7 Å². The van der Waals surface area contributed by atoms with Gasteiger partial charge in [0.25, 0.3) is 0 Å². The Hall–Kier alpha value is -0.960. The summed E-state index contributed by atoms with van der Waals surface area (Å²) in [6.45, 7) is 10.9. The SMILES string of the molecule is Cc1ccccc1CNC1=NCC(CC(C)(C)C)S1. The second-order valence-corrected chi connectivity index (χ2v) is 7.72. The standard InChI is InChI=1S/C16H24N2S/c1-12-7-5-6-8-13(12)10-17-15-18-11-14(19-15)9-16(2,3)4/h5-8,14H,9-11H2,1-4H3,(H,17,18). The summed E-state index contributed by atoms with van der Waals surface area (Å²) in [5, 5.41) is 5.21. The van der Waals surface area contributed by atoms with Crippen LogP contribution >= 0.6 is 11.8 Å². The molecule has 1 unspecified atom stereocenters. The van der Waals surface area contributed by atoms with Gasteiger partial charge in [-0.25, -0.2) is 0 Å². The number of thioether (sulfide) groups is 1. The molecule has 0 spiro atoms. The largest absolute Gasteiger partial charge is 0.361 e. The fourth-order valence-corrected chi connectivity index (χ4v) is 3.64. The van der Waals surface area contributed by atoms with Crippen molar-refractivity contribution in [3.05, 3.63) is 35.4 Å². The second kappa shape index (κ2) is 6.00. The summed E-state index contributed by atoms with van der Waals surface area (Å²) in [6.07, 6.45) is 1.22. The Bertz CT molecular complexity index is 460. The van der Waals surface area contributed by atoms with Crippen LogP contribution in [0.15, 0.2) is 29.3 Å². The smallest absolute Gasteiger partial charge is 0.157 e. The quantitative estimate of drug-likeness (QED) is 0.902. The van der Waals surface area contributed by atoms with Gasteiger partial charge in [-0.05, 0) is 29.9 Å². The summed E-state index contributed by atoms with van der Waals surface area (Å²) in [4.78, 5) is 4.61. The highest BCUT2D eigenvalue weighted by Gasteiger charge is 2.24. The molecule has 1 aromatic rings. The van der Waals surface area contributed by atoms with E-state index >= 15 is 0 Å². The third kappa shape index (κ3) is 4.57. The lowest BCUT2D eigenvalue weighted by Gasteiger charge is -2.21. The molecule has 1 atom stereocenters. The van der Waals surface area contributed by atoms with Crippen molar-refractivity contribution in [3.63, 3.8) is 0 Å². The number of amidine groups is 1. The van der Waals surface area contributed by atoms with Gasteiger partial charge in [0.15, 0.2) is 5.17 Å². The van der Waals surface area contributed by atoms with Crippen LogP contribution in [0.25, 0.3) is 0 Å². The molecule has 0 fully saturated rings. The van der Waals surface area contributed by atoms with Gasteiger partial charge in [0.2, 0.25) is 0 Å². The number of nitrogens with one attached hydrogen (secondary N) is 1. The van der Waals surface area contributed by atoms with E-state index < -0.39 is 0 Å². The highest BCUT2D eigenvalue weighted by Crippen LogP contribution is 2.31. The monoisotopic (exact) mass is 276 g/mol. The summed E-state index contributed by atoms with van der Waals surface area (Å²) in [5.41, 5.74) is 3.08. The predicted molar refractivity (Wildman–Crippen MR) is 85.8 cm³/mol. The molecule has 0 aromatic heterocycles. The molecule has 0 bridgehead atoms. The maximum atomic E-state index is 4.61. The van der Waals surface area contributed by atoms with Crippen molar-refractivity contribution < 1.29 is 0 Å². The summed E-state index contributed by atoms with van der Waals surface area (Å²) >= 11 is 1.90. The van der Waals surface area contributed by atoms with E-state index in [0.717, 1.165) is 18.3 Å². The molecule has 1 aromatic carbocycles. The topological polar surface area (TPSA) is 24.4 Å². The number of rotatable bonds is 3. The van der Waals surface area contributed by atoms with Crippen LogP contribution in [0.1, 0.15) is 38.3 Å². The Morgan fingerprint density at radius 2 is 2.05 bits per heavy atom. The predicted octanol–water partition coefficient (Wildman–Crippen LogP) is 3.99. The van der Waals surface area contributed by atoms with Crippen LogP contribution in [0.3, 0.4) is 0 Å². The number of benzene rings is 1. The maximum Gasteiger partial charge on any atom is 0.157 e. The molecule has 19 heavy (non-hydrogen) atoms. The molecule has 0 aliphatic carbocycles. The van der Waals surface area contributed by atoms with E-state index in [1.54, 1.807) is 0 Å². The first-order chi connectivity index (χ1) is 8.94. The first-order valence-corrected chi connectivity index (χ1v) is 7.81. The maximum absolute atomic E-state index is 4.61. The van der Waals surface area contributed by atoms with Crippen LogP contribution in [0, 0.1) is 12.3 Å². The van der Waals surface area contributed by atoms with Crippen LogP contribution in [-0.4, -0.2) is 17.0 Å². The Morgan fingerprint density at radius 3 is 2.74 bits per heavy atom. The van der Waals surface area contributed by atoms with E-state index in [2.05, 4.69) is 62.3 Å². The van der Waals surface area contributed by atoms with Crippen molar-refractivity contribution in [1.82, 2.24) is 5.32 Å². The Kier molecular flexibility index (Phi) is 4.56. The Morgan fingerprint density at radius 1 is 1.32 bits per heavy atom. The third-order valence-corrected chi connectivity index (χ3v) is 4.39. The zero-order chi connectivity index (χ0) is 13.9. The van der Waals surface area contributed by atoms with Crippen molar-refractivity contribution in [2.45, 2.75) is 45.9 Å². The lowest BCUT2D eigenvalue weighted by atomic mass is 9.90. The van der Waals surface area contributed by atoms with Crippen LogP contribution in [0.5, 0.6) is 0 Å². The van der Waals surface area contributed by atoms with Crippen molar-refractivity contribution in [2.75, 3.05) is 6.54 Å². The number of hydrogen-bond acceptors (Lipinski definition) is 3. The van der Waals surface area contributed by atoms with Gasteiger partial charge in [0.1, 0.15) is 0 Å². The molecule has 1 N–H and O–H groups in total. The van der Waals surface area contributed by atoms with Crippen LogP contribution in [0.4, 0.5) is 0 Å². The van der Waals surface area contributed by atoms with Crippen molar-refractivity contribution in [3.8, 4) is 0 Å². The molecule has 0 saturated carbocycles. The molecule has 3 heteroatoms. The van der Waals surface area contributed by atoms with Crippen LogP contribution in [0.2, 0.25) is 0 Å². The van der Waals surface area contributed by atoms with E-state index in [9.17, 15) is 0 Å². The highest BCUT2D eigenvalue weighted by atomic mass is 32.2. The van der Waals surface area contributed by atoms with Crippen LogP contribution < -0.4 is 5.32 Å². The molecule has 1 aliphatic rings. The van der Waals surface area contributed by atoms with E-state index in [4.69, 9.17) is 0 Å². The van der Waals surface area contributed by atoms with Gasteiger partial charge in [-0.3, -0.25) is 4.99 Å². The second-order valence-electron chi connectivity index (χ2n) is 6.43. The molecule has 104 valence electrons. The zero-order valence-electron chi connectivity index (χ0n) is 12.4. The number of nitrogens with zero attached hydrogens (tertiary/aromatic N) is 1. The Balaban J connectivity index is 1.81. The summed E-state index contributed by atoms with van der Waals surface area (Å²) < 4.78 is 0. The number of hydrogen-bond donors (Lipinski definition) is 1. The fourth-order valence-electron chi connectivity index (χ4n) is 2.28. The first-order valence-electron chi connectivity index (χ1n) is 6.93. The minimum atomic E-state index is 0.388. The van der Waals surface area contributed by atoms with Gasteiger partial charge in [0, 0.05) is 11.8 Å². The van der Waals surface area contributed by atoms with Gasteiger partial charge in [-0.1, -0.05) is 56.8 Å². The molecule has 2 nitrogen and oxygen atoms in total. The minimum absolute atomic E-state index is 0.388. The number of aliphatic imine (C=N–C) groups is 1. The van der Waals surface area contributed by atoms with Crippen molar-refractivity contribution in [1.29, 1.82) is 0 Å². The average Bonchev–Trinajstić information content (AvgIpc) is 2.73. The summed E-state index contributed by atoms with van der Waals surface area (Å²) in [7, 11) is 0. The van der Waals surface area contributed by atoms with Gasteiger partial charge in [-0.2, -0.15) is 0 Å². The number of aryl methyl sites for hydroxylation is 1.